The summed E-state index contributed by atoms with van der Waals surface area (Å²) in [6, 6.07) is 12.6. The molecule has 0 saturated heterocycles. The van der Waals surface area contributed by atoms with Gasteiger partial charge in [0.05, 0.1) is 16.8 Å². The number of carbonyl (C=O) groups is 2. The first-order valence-corrected chi connectivity index (χ1v) is 9.06. The summed E-state index contributed by atoms with van der Waals surface area (Å²) in [5.74, 6) is 0.261. The molecule has 0 radical (unpaired) electrons. The third-order valence-corrected chi connectivity index (χ3v) is 4.79. The summed E-state index contributed by atoms with van der Waals surface area (Å²) in [6.45, 7) is 3.59. The molecule has 1 aliphatic rings. The molecule has 2 heterocycles. The Balaban J connectivity index is 1.55. The van der Waals surface area contributed by atoms with E-state index in [0.717, 1.165) is 16.5 Å². The van der Waals surface area contributed by atoms with Crippen molar-refractivity contribution in [3.05, 3.63) is 64.8 Å². The maximum atomic E-state index is 12.8. The van der Waals surface area contributed by atoms with Crippen LogP contribution in [0.3, 0.4) is 0 Å². The van der Waals surface area contributed by atoms with Crippen molar-refractivity contribution in [2.75, 3.05) is 13.4 Å². The first-order valence-electron chi connectivity index (χ1n) is 9.06. The second kappa shape index (κ2) is 7.31. The minimum atomic E-state index is -0.540. The standard InChI is InChI=1S/C22H19NO5/c1-3-16-21(13(2)15-6-4-5-7-17(15)23-16)22(25)26-11-18(24)14-8-9-19-20(10-14)28-12-27-19/h4-10H,3,11-12H2,1-2H3. The van der Waals surface area contributed by atoms with Crippen molar-refractivity contribution in [1.82, 2.24) is 4.98 Å². The molecule has 0 spiro atoms. The molecule has 0 atom stereocenters. The first-order chi connectivity index (χ1) is 13.6. The second-order valence-corrected chi connectivity index (χ2v) is 6.50. The minimum absolute atomic E-state index is 0.135. The van der Waals surface area contributed by atoms with Crippen LogP contribution in [-0.2, 0) is 11.2 Å². The number of para-hydroxylation sites is 1. The predicted molar refractivity (Wildman–Crippen MR) is 103 cm³/mol. The fourth-order valence-electron chi connectivity index (χ4n) is 3.32. The molecule has 28 heavy (non-hydrogen) atoms. The Bertz CT molecular complexity index is 1090. The molecule has 0 saturated carbocycles. The number of fused-ring (bicyclic) bond motifs is 2. The highest BCUT2D eigenvalue weighted by atomic mass is 16.7. The van der Waals surface area contributed by atoms with Gasteiger partial charge in [0.15, 0.2) is 23.9 Å². The number of nitrogens with zero attached hydrogens (tertiary/aromatic N) is 1. The van der Waals surface area contributed by atoms with Crippen LogP contribution >= 0.6 is 0 Å². The Morgan fingerprint density at radius 2 is 1.89 bits per heavy atom. The molecular formula is C22H19NO5. The van der Waals surface area contributed by atoms with Crippen LogP contribution in [0, 0.1) is 6.92 Å². The van der Waals surface area contributed by atoms with E-state index < -0.39 is 5.97 Å². The van der Waals surface area contributed by atoms with Crippen LogP contribution in [0.1, 0.15) is 38.9 Å². The first kappa shape index (κ1) is 18.0. The Kier molecular flexibility index (Phi) is 4.69. The monoisotopic (exact) mass is 377 g/mol. The minimum Gasteiger partial charge on any atom is -0.454 e. The molecule has 0 unspecified atom stereocenters. The zero-order valence-corrected chi connectivity index (χ0v) is 15.7. The van der Waals surface area contributed by atoms with Gasteiger partial charge in [-0.2, -0.15) is 0 Å². The summed E-state index contributed by atoms with van der Waals surface area (Å²) in [6.07, 6.45) is 0.589. The SMILES string of the molecule is CCc1nc2ccccc2c(C)c1C(=O)OCC(=O)c1ccc2c(c1)OCO2. The molecule has 0 amide bonds. The number of hydrogen-bond acceptors (Lipinski definition) is 6. The van der Waals surface area contributed by atoms with E-state index in [0.29, 0.717) is 34.7 Å². The van der Waals surface area contributed by atoms with Crippen LogP contribution < -0.4 is 9.47 Å². The van der Waals surface area contributed by atoms with E-state index in [-0.39, 0.29) is 19.2 Å². The van der Waals surface area contributed by atoms with Crippen LogP contribution in [-0.4, -0.2) is 30.1 Å². The fourth-order valence-corrected chi connectivity index (χ4v) is 3.32. The number of benzene rings is 2. The summed E-state index contributed by atoms with van der Waals surface area (Å²) in [7, 11) is 0. The quantitative estimate of drug-likeness (QED) is 0.496. The van der Waals surface area contributed by atoms with Gasteiger partial charge in [0.1, 0.15) is 0 Å². The predicted octanol–water partition coefficient (Wildman–Crippen LogP) is 3.87. The number of ketones is 1. The molecule has 2 aromatic carbocycles. The number of aromatic nitrogens is 1. The molecular weight excluding hydrogens is 358 g/mol. The Morgan fingerprint density at radius 1 is 1.11 bits per heavy atom. The second-order valence-electron chi connectivity index (χ2n) is 6.50. The Hall–Kier alpha value is -3.41. The largest absolute Gasteiger partial charge is 0.454 e. The van der Waals surface area contributed by atoms with Crippen LogP contribution in [0.25, 0.3) is 10.9 Å². The van der Waals surface area contributed by atoms with Gasteiger partial charge < -0.3 is 14.2 Å². The third-order valence-electron chi connectivity index (χ3n) is 4.79. The third kappa shape index (κ3) is 3.17. The average molecular weight is 377 g/mol. The topological polar surface area (TPSA) is 74.7 Å². The molecule has 142 valence electrons. The molecule has 0 fully saturated rings. The van der Waals surface area contributed by atoms with Crippen molar-refractivity contribution < 1.29 is 23.8 Å². The van der Waals surface area contributed by atoms with E-state index in [1.807, 2.05) is 38.1 Å². The van der Waals surface area contributed by atoms with Gasteiger partial charge in [-0.1, -0.05) is 25.1 Å². The summed E-state index contributed by atoms with van der Waals surface area (Å²) in [5.41, 5.74) is 3.14. The number of aryl methyl sites for hydroxylation is 2. The van der Waals surface area contributed by atoms with E-state index in [2.05, 4.69) is 4.98 Å². The zero-order chi connectivity index (χ0) is 19.7. The lowest BCUT2D eigenvalue weighted by atomic mass is 10.0. The molecule has 1 aliphatic heterocycles. The molecule has 1 aromatic heterocycles. The van der Waals surface area contributed by atoms with Crippen molar-refractivity contribution in [3.8, 4) is 11.5 Å². The number of esters is 1. The lowest BCUT2D eigenvalue weighted by molar-refractivity contribution is 0.0472. The van der Waals surface area contributed by atoms with Crippen molar-refractivity contribution >= 4 is 22.7 Å². The summed E-state index contributed by atoms with van der Waals surface area (Å²) in [4.78, 5) is 29.8. The maximum Gasteiger partial charge on any atom is 0.340 e. The van der Waals surface area contributed by atoms with Crippen LogP contribution in [0.15, 0.2) is 42.5 Å². The van der Waals surface area contributed by atoms with E-state index >= 15 is 0 Å². The lowest BCUT2D eigenvalue weighted by Gasteiger charge is -2.13. The van der Waals surface area contributed by atoms with Crippen molar-refractivity contribution in [2.45, 2.75) is 20.3 Å². The number of carbonyl (C=O) groups excluding carboxylic acids is 2. The number of pyridine rings is 1. The smallest absolute Gasteiger partial charge is 0.340 e. The summed E-state index contributed by atoms with van der Waals surface area (Å²) >= 11 is 0. The van der Waals surface area contributed by atoms with Gasteiger partial charge in [-0.25, -0.2) is 4.79 Å². The normalized spacial score (nSPS) is 12.2. The van der Waals surface area contributed by atoms with Gasteiger partial charge in [0.25, 0.3) is 0 Å². The van der Waals surface area contributed by atoms with Crippen molar-refractivity contribution in [3.63, 3.8) is 0 Å². The average Bonchev–Trinajstić information content (AvgIpc) is 3.19. The van der Waals surface area contributed by atoms with Crippen LogP contribution in [0.4, 0.5) is 0 Å². The van der Waals surface area contributed by atoms with Gasteiger partial charge >= 0.3 is 5.97 Å². The summed E-state index contributed by atoms with van der Waals surface area (Å²) in [5, 5.41) is 0.897. The molecule has 6 nitrogen and oxygen atoms in total. The molecule has 3 aromatic rings. The van der Waals surface area contributed by atoms with Gasteiger partial charge in [-0.3, -0.25) is 9.78 Å². The van der Waals surface area contributed by atoms with Crippen LogP contribution in [0.5, 0.6) is 11.5 Å². The highest BCUT2D eigenvalue weighted by Gasteiger charge is 2.21. The van der Waals surface area contributed by atoms with Crippen molar-refractivity contribution in [1.29, 1.82) is 0 Å². The van der Waals surface area contributed by atoms with Gasteiger partial charge in [0.2, 0.25) is 6.79 Å². The maximum absolute atomic E-state index is 12.8. The van der Waals surface area contributed by atoms with Gasteiger partial charge in [0, 0.05) is 10.9 Å². The highest BCUT2D eigenvalue weighted by molar-refractivity contribution is 6.02. The highest BCUT2D eigenvalue weighted by Crippen LogP contribution is 2.32. The molecule has 0 bridgehead atoms. The van der Waals surface area contributed by atoms with Gasteiger partial charge in [-0.15, -0.1) is 0 Å². The van der Waals surface area contributed by atoms with E-state index in [1.54, 1.807) is 18.2 Å². The van der Waals surface area contributed by atoms with E-state index in [1.165, 1.54) is 0 Å². The van der Waals surface area contributed by atoms with Crippen LogP contribution in [0.2, 0.25) is 0 Å². The molecule has 0 aliphatic carbocycles. The number of hydrogen-bond donors (Lipinski definition) is 0. The summed E-state index contributed by atoms with van der Waals surface area (Å²) < 4.78 is 15.9. The zero-order valence-electron chi connectivity index (χ0n) is 15.7. The van der Waals surface area contributed by atoms with E-state index in [9.17, 15) is 9.59 Å². The lowest BCUT2D eigenvalue weighted by Crippen LogP contribution is -2.17. The van der Waals surface area contributed by atoms with E-state index in [4.69, 9.17) is 14.2 Å². The van der Waals surface area contributed by atoms with Gasteiger partial charge in [-0.05, 0) is 43.2 Å². The molecule has 6 heteroatoms. The molecule has 0 N–H and O–H groups in total. The Labute approximate surface area is 162 Å². The molecule has 4 rings (SSSR count). The fraction of sp³-hybridized carbons (Fsp3) is 0.227. The number of rotatable bonds is 5. The number of ether oxygens (including phenoxy) is 3. The van der Waals surface area contributed by atoms with Crippen molar-refractivity contribution in [2.24, 2.45) is 0 Å². The Morgan fingerprint density at radius 3 is 2.71 bits per heavy atom. The number of Topliss-reactive ketones (excluding diaryl/α,β-unsaturated/α-hetero) is 1.